The van der Waals surface area contributed by atoms with E-state index in [1.165, 1.54) is 110 Å². The summed E-state index contributed by atoms with van der Waals surface area (Å²) in [6, 6.07) is 10.2. The molecule has 2 fully saturated rings. The average Bonchev–Trinajstić information content (AvgIpc) is 4.07. The molecule has 2 aromatic rings. The molecule has 2 unspecified atom stereocenters. The Bertz CT molecular complexity index is 1350. The van der Waals surface area contributed by atoms with Gasteiger partial charge in [0.25, 0.3) is 0 Å². The molecule has 2 atom stereocenters. The van der Waals surface area contributed by atoms with Gasteiger partial charge < -0.3 is 18.9 Å². The molecule has 2 saturated heterocycles. The van der Waals surface area contributed by atoms with Crippen LogP contribution in [0.15, 0.2) is 24.3 Å². The Morgan fingerprint density at radius 1 is 0.456 bits per heavy atom. The van der Waals surface area contributed by atoms with Gasteiger partial charge in [-0.25, -0.2) is 0 Å². The summed E-state index contributed by atoms with van der Waals surface area (Å²) in [7, 11) is 0. The zero-order chi connectivity index (χ0) is 42.1. The van der Waals surface area contributed by atoms with Crippen LogP contribution in [0.4, 0.5) is 0 Å². The van der Waals surface area contributed by atoms with Gasteiger partial charge in [-0.3, -0.25) is 0 Å². The van der Waals surface area contributed by atoms with E-state index in [1.807, 2.05) is 0 Å². The van der Waals surface area contributed by atoms with E-state index >= 15 is 0 Å². The topological polar surface area (TPSA) is 43.5 Å². The molecule has 324 valence electrons. The van der Waals surface area contributed by atoms with Crippen LogP contribution in [-0.2, 0) is 37.6 Å². The zero-order valence-corrected chi connectivity index (χ0v) is 39.8. The first-order valence-corrected chi connectivity index (χ1v) is 23.6. The highest BCUT2D eigenvalue weighted by atomic mass is 16.6. The molecule has 0 aromatic heterocycles. The second-order valence-electron chi connectivity index (χ2n) is 21.6. The van der Waals surface area contributed by atoms with Crippen LogP contribution in [0, 0.1) is 0 Å². The first-order valence-electron chi connectivity index (χ1n) is 23.6. The molecule has 0 bridgehead atoms. The van der Waals surface area contributed by atoms with E-state index in [9.17, 15) is 0 Å². The van der Waals surface area contributed by atoms with Crippen molar-refractivity contribution in [2.24, 2.45) is 0 Å². The maximum atomic E-state index is 7.03. The summed E-state index contributed by atoms with van der Waals surface area (Å²) in [5.41, 5.74) is 7.79. The fraction of sp³-hybridized carbons (Fsp3) is 0.774. The highest BCUT2D eigenvalue weighted by molar-refractivity contribution is 5.55. The Labute approximate surface area is 352 Å². The largest absolute Gasteiger partial charge is 0.490 e. The van der Waals surface area contributed by atoms with Gasteiger partial charge in [-0.2, -0.15) is 0 Å². The molecule has 4 nitrogen and oxygen atoms in total. The third-order valence-corrected chi connectivity index (χ3v) is 13.6. The number of ether oxygens (including phenoxy) is 4. The van der Waals surface area contributed by atoms with Crippen molar-refractivity contribution in [2.75, 3.05) is 26.4 Å². The van der Waals surface area contributed by atoms with Gasteiger partial charge in [0.15, 0.2) is 0 Å². The minimum absolute atomic E-state index is 0.0301. The van der Waals surface area contributed by atoms with Gasteiger partial charge in [0.05, 0.1) is 13.2 Å². The molecule has 2 aromatic carbocycles. The van der Waals surface area contributed by atoms with Crippen molar-refractivity contribution in [3.8, 4) is 11.5 Å². The highest BCUT2D eigenvalue weighted by Gasteiger charge is 2.43. The van der Waals surface area contributed by atoms with E-state index in [0.717, 1.165) is 56.8 Å². The maximum Gasteiger partial charge on any atom is 0.126 e. The number of benzene rings is 2. The van der Waals surface area contributed by atoms with Gasteiger partial charge in [-0.15, -0.1) is 0 Å². The zero-order valence-electron chi connectivity index (χ0n) is 39.8. The van der Waals surface area contributed by atoms with Crippen LogP contribution in [0.25, 0.3) is 0 Å². The fourth-order valence-corrected chi connectivity index (χ4v) is 8.81. The monoisotopic (exact) mass is 789 g/mol. The summed E-state index contributed by atoms with van der Waals surface area (Å²) in [4.78, 5) is 0. The van der Waals surface area contributed by atoms with Crippen molar-refractivity contribution in [1.29, 1.82) is 0 Å². The molecular weight excluding hydrogens is 701 g/mol. The molecule has 2 heterocycles. The van der Waals surface area contributed by atoms with E-state index in [0.29, 0.717) is 13.2 Å². The lowest BCUT2D eigenvalue weighted by Gasteiger charge is -2.36. The predicted octanol–water partition coefficient (Wildman–Crippen LogP) is 15.0. The minimum Gasteiger partial charge on any atom is -0.490 e. The number of epoxide rings is 2. The van der Waals surface area contributed by atoms with Crippen molar-refractivity contribution < 1.29 is 18.9 Å². The predicted molar refractivity (Wildman–Crippen MR) is 244 cm³/mol. The third kappa shape index (κ3) is 13.5. The molecular formula is C53H88O4. The molecule has 4 heteroatoms. The quantitative estimate of drug-likeness (QED) is 0.0636. The Morgan fingerprint density at radius 2 is 0.702 bits per heavy atom. The van der Waals surface area contributed by atoms with E-state index in [1.54, 1.807) is 0 Å². The minimum atomic E-state index is -0.181. The summed E-state index contributed by atoms with van der Waals surface area (Å²) in [6.07, 6.45) is 20.3. The van der Waals surface area contributed by atoms with Crippen LogP contribution in [0.3, 0.4) is 0 Å². The van der Waals surface area contributed by atoms with Crippen LogP contribution in [-0.4, -0.2) is 37.6 Å². The van der Waals surface area contributed by atoms with Crippen LogP contribution in [0.5, 0.6) is 11.5 Å². The van der Waals surface area contributed by atoms with E-state index in [4.69, 9.17) is 18.9 Å². The first kappa shape index (κ1) is 47.6. The molecule has 2 aliphatic rings. The lowest BCUT2D eigenvalue weighted by molar-refractivity contribution is 0.195. The second-order valence-corrected chi connectivity index (χ2v) is 21.6. The average molecular weight is 789 g/mol. The van der Waals surface area contributed by atoms with E-state index in [-0.39, 0.29) is 32.9 Å². The standard InChI is InChI=1S/C53H88O4/c1-15-19-23-27-48(5,6)42-32-40(33-43(49(7,8)28-24-20-16-2)46(42)54-36-52(13)38-56-52)31-41-34-44(50(9,10)29-25-21-17-3)47(55-37-53(14)39-57-53)45(35-41)51(11,12)30-26-22-18-4/h32-35H,15-31,36-39H2,1-14H3. The second kappa shape index (κ2) is 20.0. The highest BCUT2D eigenvalue weighted by Crippen LogP contribution is 2.48. The summed E-state index contributed by atoms with van der Waals surface area (Å²) in [5, 5.41) is 0. The van der Waals surface area contributed by atoms with Crippen molar-refractivity contribution in [2.45, 2.75) is 239 Å². The molecule has 4 rings (SSSR count). The van der Waals surface area contributed by atoms with E-state index in [2.05, 4.69) is 121 Å². The first-order chi connectivity index (χ1) is 26.8. The SMILES string of the molecule is CCCCCC(C)(C)c1cc(Cc2cc(C(C)(C)CCCCC)c(OCC3(C)CO3)c(C(C)(C)CCCCC)c2)cc(C(C)(C)CCCCC)c1OCC1(C)CO1. The number of hydrogen-bond acceptors (Lipinski definition) is 4. The molecule has 0 saturated carbocycles. The lowest BCUT2D eigenvalue weighted by Crippen LogP contribution is -2.27. The van der Waals surface area contributed by atoms with Crippen molar-refractivity contribution in [1.82, 2.24) is 0 Å². The van der Waals surface area contributed by atoms with Gasteiger partial charge in [0.2, 0.25) is 0 Å². The van der Waals surface area contributed by atoms with E-state index < -0.39 is 0 Å². The Hall–Kier alpha value is -2.04. The van der Waals surface area contributed by atoms with Crippen molar-refractivity contribution in [3.63, 3.8) is 0 Å². The number of unbranched alkanes of at least 4 members (excludes halogenated alkanes) is 8. The van der Waals surface area contributed by atoms with Gasteiger partial charge >= 0.3 is 0 Å². The third-order valence-electron chi connectivity index (χ3n) is 13.6. The molecule has 2 aliphatic heterocycles. The number of rotatable bonds is 28. The lowest BCUT2D eigenvalue weighted by atomic mass is 9.71. The Morgan fingerprint density at radius 3 is 0.912 bits per heavy atom. The normalized spacial score (nSPS) is 19.9. The van der Waals surface area contributed by atoms with Gasteiger partial charge in [0, 0.05) is 22.3 Å². The molecule has 0 amide bonds. The summed E-state index contributed by atoms with van der Waals surface area (Å²) >= 11 is 0. The molecule has 57 heavy (non-hydrogen) atoms. The van der Waals surface area contributed by atoms with Gasteiger partial charge in [-0.05, 0) is 78.7 Å². The van der Waals surface area contributed by atoms with Crippen LogP contribution in [0.1, 0.15) is 233 Å². The van der Waals surface area contributed by atoms with Crippen LogP contribution in [0.2, 0.25) is 0 Å². The summed E-state index contributed by atoms with van der Waals surface area (Å²) < 4.78 is 25.8. The van der Waals surface area contributed by atoms with Gasteiger partial charge in [0.1, 0.15) is 35.9 Å². The molecule has 0 N–H and O–H groups in total. The van der Waals surface area contributed by atoms with Crippen LogP contribution >= 0.6 is 0 Å². The summed E-state index contributed by atoms with van der Waals surface area (Å²) in [5.74, 6) is 2.24. The van der Waals surface area contributed by atoms with Gasteiger partial charge in [-0.1, -0.05) is 184 Å². The molecule has 0 aliphatic carbocycles. The van der Waals surface area contributed by atoms with Crippen molar-refractivity contribution >= 4 is 0 Å². The Balaban J connectivity index is 1.94. The molecule has 0 spiro atoms. The Kier molecular flexibility index (Phi) is 16.7. The fourth-order valence-electron chi connectivity index (χ4n) is 8.81. The molecule has 0 radical (unpaired) electrons. The smallest absolute Gasteiger partial charge is 0.126 e. The van der Waals surface area contributed by atoms with Crippen LogP contribution < -0.4 is 9.47 Å². The summed E-state index contributed by atoms with van der Waals surface area (Å²) in [6.45, 7) is 36.0. The maximum absolute atomic E-state index is 7.03. The number of hydrogen-bond donors (Lipinski definition) is 0. The van der Waals surface area contributed by atoms with Crippen molar-refractivity contribution in [3.05, 3.63) is 57.6 Å².